The molecule has 0 fully saturated rings. The van der Waals surface area contributed by atoms with Crippen molar-refractivity contribution in [3.63, 3.8) is 0 Å². The molecule has 0 saturated carbocycles. The molecule has 0 spiro atoms. The number of rotatable bonds is 6. The summed E-state index contributed by atoms with van der Waals surface area (Å²) in [5.41, 5.74) is 6.20. The number of hydrogen-bond donors (Lipinski definition) is 3. The number of aliphatic hydroxyl groups excluding tert-OH is 1. The number of nitrogens with one attached hydrogen (secondary N) is 1. The highest BCUT2D eigenvalue weighted by atomic mass is 35.5. The standard InChI is InChI=1S/C12H16Cl2N2O3/c1-19-6-8(17)2-3-16-12(18)7-4-9(13)11(14)10(15)5-7/h4-5,8,17H,2-3,6,15H2,1H3,(H,16,18). The maximum atomic E-state index is 11.8. The molecule has 1 aromatic rings. The first-order chi connectivity index (χ1) is 8.95. The maximum Gasteiger partial charge on any atom is 0.251 e. The van der Waals surface area contributed by atoms with Crippen LogP contribution in [0.4, 0.5) is 5.69 Å². The molecule has 1 atom stereocenters. The van der Waals surface area contributed by atoms with Crippen molar-refractivity contribution in [3.05, 3.63) is 27.7 Å². The molecule has 4 N–H and O–H groups in total. The van der Waals surface area contributed by atoms with Crippen molar-refractivity contribution < 1.29 is 14.6 Å². The second-order valence-electron chi connectivity index (χ2n) is 4.02. The van der Waals surface area contributed by atoms with Crippen molar-refractivity contribution in [1.82, 2.24) is 5.32 Å². The predicted molar refractivity (Wildman–Crippen MR) is 75.7 cm³/mol. The highest BCUT2D eigenvalue weighted by molar-refractivity contribution is 6.43. The fraction of sp³-hybridized carbons (Fsp3) is 0.417. The third-order valence-electron chi connectivity index (χ3n) is 2.44. The summed E-state index contributed by atoms with van der Waals surface area (Å²) in [7, 11) is 1.50. The van der Waals surface area contributed by atoms with Gasteiger partial charge in [0.25, 0.3) is 5.91 Å². The van der Waals surface area contributed by atoms with E-state index in [1.165, 1.54) is 19.2 Å². The number of amides is 1. The summed E-state index contributed by atoms with van der Waals surface area (Å²) in [5, 5.41) is 12.5. The van der Waals surface area contributed by atoms with Crippen molar-refractivity contribution in [1.29, 1.82) is 0 Å². The quantitative estimate of drug-likeness (QED) is 0.698. The van der Waals surface area contributed by atoms with Gasteiger partial charge < -0.3 is 20.9 Å². The number of anilines is 1. The first kappa shape index (κ1) is 16.0. The van der Waals surface area contributed by atoms with E-state index < -0.39 is 6.10 Å². The second kappa shape index (κ2) is 7.55. The average molecular weight is 307 g/mol. The predicted octanol–water partition coefficient (Wildman–Crippen LogP) is 1.70. The zero-order valence-corrected chi connectivity index (χ0v) is 12.0. The van der Waals surface area contributed by atoms with Gasteiger partial charge in [-0.3, -0.25) is 4.79 Å². The van der Waals surface area contributed by atoms with Gasteiger partial charge in [0.2, 0.25) is 0 Å². The number of nitrogens with two attached hydrogens (primary N) is 1. The van der Waals surface area contributed by atoms with E-state index in [4.69, 9.17) is 33.7 Å². The Labute approximate surface area is 121 Å². The summed E-state index contributed by atoms with van der Waals surface area (Å²) < 4.78 is 4.78. The van der Waals surface area contributed by atoms with Gasteiger partial charge in [0.15, 0.2) is 0 Å². The molecule has 5 nitrogen and oxygen atoms in total. The molecule has 0 saturated heterocycles. The molecule has 106 valence electrons. The molecule has 1 aromatic carbocycles. The molecule has 0 heterocycles. The Morgan fingerprint density at radius 2 is 2.21 bits per heavy atom. The highest BCUT2D eigenvalue weighted by Crippen LogP contribution is 2.29. The molecule has 0 aromatic heterocycles. The highest BCUT2D eigenvalue weighted by Gasteiger charge is 2.11. The van der Waals surface area contributed by atoms with E-state index in [1.807, 2.05) is 0 Å². The number of carbonyl (C=O) groups excluding carboxylic acids is 1. The van der Waals surface area contributed by atoms with Gasteiger partial charge in [-0.15, -0.1) is 0 Å². The Hall–Kier alpha value is -1.01. The number of nitrogen functional groups attached to an aromatic ring is 1. The van der Waals surface area contributed by atoms with Gasteiger partial charge in [0.05, 0.1) is 28.4 Å². The lowest BCUT2D eigenvalue weighted by Gasteiger charge is -2.11. The van der Waals surface area contributed by atoms with Gasteiger partial charge in [0.1, 0.15) is 0 Å². The third kappa shape index (κ3) is 4.87. The lowest BCUT2D eigenvalue weighted by atomic mass is 10.2. The van der Waals surface area contributed by atoms with Crippen LogP contribution in [0.5, 0.6) is 0 Å². The molecule has 1 unspecified atom stereocenters. The molecule has 0 radical (unpaired) electrons. The van der Waals surface area contributed by atoms with E-state index >= 15 is 0 Å². The van der Waals surface area contributed by atoms with E-state index in [-0.39, 0.29) is 28.2 Å². The van der Waals surface area contributed by atoms with Crippen molar-refractivity contribution in [2.24, 2.45) is 0 Å². The molecule has 0 bridgehead atoms. The van der Waals surface area contributed by atoms with Crippen molar-refractivity contribution in [2.45, 2.75) is 12.5 Å². The Morgan fingerprint density at radius 1 is 1.53 bits per heavy atom. The van der Waals surface area contributed by atoms with Gasteiger partial charge in [-0.2, -0.15) is 0 Å². The molecule has 0 aliphatic rings. The summed E-state index contributed by atoms with van der Waals surface area (Å²) >= 11 is 11.6. The maximum absolute atomic E-state index is 11.8. The molecule has 7 heteroatoms. The minimum Gasteiger partial charge on any atom is -0.397 e. The van der Waals surface area contributed by atoms with Crippen LogP contribution >= 0.6 is 23.2 Å². The zero-order chi connectivity index (χ0) is 14.4. The van der Waals surface area contributed by atoms with Crippen LogP contribution < -0.4 is 11.1 Å². The van der Waals surface area contributed by atoms with Gasteiger partial charge in [0, 0.05) is 19.2 Å². The molecule has 1 rings (SSSR count). The van der Waals surface area contributed by atoms with E-state index in [1.54, 1.807) is 0 Å². The van der Waals surface area contributed by atoms with Crippen LogP contribution in [0, 0.1) is 0 Å². The number of methoxy groups -OCH3 is 1. The number of benzene rings is 1. The van der Waals surface area contributed by atoms with Gasteiger partial charge in [-0.25, -0.2) is 0 Å². The van der Waals surface area contributed by atoms with Crippen LogP contribution in [0.1, 0.15) is 16.8 Å². The summed E-state index contributed by atoms with van der Waals surface area (Å²) in [6, 6.07) is 2.90. The average Bonchev–Trinajstić information content (AvgIpc) is 2.35. The number of hydrogen-bond acceptors (Lipinski definition) is 4. The van der Waals surface area contributed by atoms with Crippen molar-refractivity contribution >= 4 is 34.8 Å². The lowest BCUT2D eigenvalue weighted by Crippen LogP contribution is -2.28. The zero-order valence-electron chi connectivity index (χ0n) is 10.5. The number of aliphatic hydroxyl groups is 1. The van der Waals surface area contributed by atoms with Gasteiger partial charge in [-0.1, -0.05) is 23.2 Å². The van der Waals surface area contributed by atoms with Crippen molar-refractivity contribution in [2.75, 3.05) is 26.0 Å². The fourth-order valence-corrected chi connectivity index (χ4v) is 1.81. The molecular formula is C12H16Cl2N2O3. The van der Waals surface area contributed by atoms with E-state index in [0.717, 1.165) is 0 Å². The molecule has 0 aliphatic heterocycles. The lowest BCUT2D eigenvalue weighted by molar-refractivity contribution is 0.0587. The summed E-state index contributed by atoms with van der Waals surface area (Å²) in [6.45, 7) is 0.555. The first-order valence-corrected chi connectivity index (χ1v) is 6.41. The minimum atomic E-state index is -0.607. The van der Waals surface area contributed by atoms with E-state index in [0.29, 0.717) is 18.5 Å². The number of carbonyl (C=O) groups is 1. The van der Waals surface area contributed by atoms with Crippen LogP contribution in [-0.2, 0) is 4.74 Å². The van der Waals surface area contributed by atoms with Crippen LogP contribution in [0.25, 0.3) is 0 Å². The van der Waals surface area contributed by atoms with Crippen LogP contribution in [-0.4, -0.2) is 37.4 Å². The number of halogens is 2. The van der Waals surface area contributed by atoms with Crippen LogP contribution in [0.2, 0.25) is 10.0 Å². The van der Waals surface area contributed by atoms with Crippen LogP contribution in [0.3, 0.4) is 0 Å². The normalized spacial score (nSPS) is 12.2. The molecule has 19 heavy (non-hydrogen) atoms. The summed E-state index contributed by atoms with van der Waals surface area (Å²) in [5.74, 6) is -0.324. The molecule has 0 aliphatic carbocycles. The monoisotopic (exact) mass is 306 g/mol. The Morgan fingerprint density at radius 3 is 2.79 bits per heavy atom. The summed E-state index contributed by atoms with van der Waals surface area (Å²) in [6.07, 6.45) is -0.208. The largest absolute Gasteiger partial charge is 0.397 e. The number of ether oxygens (including phenoxy) is 1. The molecule has 1 amide bonds. The Kier molecular flexibility index (Phi) is 6.37. The first-order valence-electron chi connectivity index (χ1n) is 5.65. The van der Waals surface area contributed by atoms with E-state index in [2.05, 4.69) is 5.32 Å². The SMILES string of the molecule is COCC(O)CCNC(=O)c1cc(N)c(Cl)c(Cl)c1. The summed E-state index contributed by atoms with van der Waals surface area (Å²) in [4.78, 5) is 11.8. The van der Waals surface area contributed by atoms with Crippen LogP contribution in [0.15, 0.2) is 12.1 Å². The second-order valence-corrected chi connectivity index (χ2v) is 4.80. The minimum absolute atomic E-state index is 0.228. The Balaban J connectivity index is 2.55. The fourth-order valence-electron chi connectivity index (χ4n) is 1.47. The van der Waals surface area contributed by atoms with Gasteiger partial charge in [-0.05, 0) is 18.6 Å². The molecular weight excluding hydrogens is 291 g/mol. The Bertz CT molecular complexity index is 432. The van der Waals surface area contributed by atoms with Gasteiger partial charge >= 0.3 is 0 Å². The smallest absolute Gasteiger partial charge is 0.251 e. The van der Waals surface area contributed by atoms with Crippen molar-refractivity contribution in [3.8, 4) is 0 Å². The third-order valence-corrected chi connectivity index (χ3v) is 3.26. The topological polar surface area (TPSA) is 84.6 Å². The van der Waals surface area contributed by atoms with E-state index in [9.17, 15) is 9.90 Å².